The van der Waals surface area contributed by atoms with E-state index in [9.17, 15) is 0 Å². The van der Waals surface area contributed by atoms with Gasteiger partial charge in [0, 0.05) is 25.7 Å². The molecule has 0 aromatic rings. The molecule has 1 atom stereocenters. The monoisotopic (exact) mass is 241 g/mol. The van der Waals surface area contributed by atoms with Crippen molar-refractivity contribution in [1.82, 2.24) is 15.1 Å². The summed E-state index contributed by atoms with van der Waals surface area (Å²) in [7, 11) is 2.28. The molecule has 1 fully saturated rings. The van der Waals surface area contributed by atoms with Crippen LogP contribution in [-0.4, -0.2) is 62.2 Å². The van der Waals surface area contributed by atoms with E-state index in [1.807, 2.05) is 0 Å². The number of hydrogen-bond acceptors (Lipinski definition) is 3. The number of hydrogen-bond donors (Lipinski definition) is 1. The lowest BCUT2D eigenvalue weighted by molar-refractivity contribution is 0.197. The third-order valence-electron chi connectivity index (χ3n) is 3.87. The van der Waals surface area contributed by atoms with E-state index in [4.69, 9.17) is 0 Å². The van der Waals surface area contributed by atoms with Crippen LogP contribution in [0.3, 0.4) is 0 Å². The van der Waals surface area contributed by atoms with E-state index in [0.717, 1.165) is 13.1 Å². The summed E-state index contributed by atoms with van der Waals surface area (Å²) in [5.74, 6) is 0. The van der Waals surface area contributed by atoms with Gasteiger partial charge in [-0.05, 0) is 52.4 Å². The van der Waals surface area contributed by atoms with Gasteiger partial charge < -0.3 is 15.1 Å². The van der Waals surface area contributed by atoms with Crippen molar-refractivity contribution in [1.29, 1.82) is 0 Å². The van der Waals surface area contributed by atoms with Crippen LogP contribution in [0.1, 0.15) is 39.5 Å². The molecule has 0 saturated carbocycles. The molecule has 0 bridgehead atoms. The molecule has 1 aliphatic rings. The maximum absolute atomic E-state index is 3.54. The van der Waals surface area contributed by atoms with E-state index < -0.39 is 0 Å². The van der Waals surface area contributed by atoms with Gasteiger partial charge in [-0.2, -0.15) is 0 Å². The van der Waals surface area contributed by atoms with E-state index in [1.54, 1.807) is 0 Å². The highest BCUT2D eigenvalue weighted by Gasteiger charge is 2.15. The van der Waals surface area contributed by atoms with Gasteiger partial charge in [-0.1, -0.05) is 13.8 Å². The molecule has 1 heterocycles. The summed E-state index contributed by atoms with van der Waals surface area (Å²) >= 11 is 0. The van der Waals surface area contributed by atoms with Gasteiger partial charge in [0.1, 0.15) is 0 Å². The molecule has 17 heavy (non-hydrogen) atoms. The van der Waals surface area contributed by atoms with Gasteiger partial charge in [0.15, 0.2) is 0 Å². The van der Waals surface area contributed by atoms with E-state index in [0.29, 0.717) is 6.04 Å². The lowest BCUT2D eigenvalue weighted by atomic mass is 10.2. The van der Waals surface area contributed by atoms with Crippen molar-refractivity contribution >= 4 is 0 Å². The van der Waals surface area contributed by atoms with Gasteiger partial charge in [-0.25, -0.2) is 0 Å². The second-order valence-electron chi connectivity index (χ2n) is 5.30. The maximum Gasteiger partial charge on any atom is 0.0215 e. The second-order valence-corrected chi connectivity index (χ2v) is 5.30. The van der Waals surface area contributed by atoms with Crippen molar-refractivity contribution in [3.63, 3.8) is 0 Å². The Morgan fingerprint density at radius 2 is 1.94 bits per heavy atom. The standard InChI is InChI=1S/C14H31N3/c1-4-8-15-13-14(5-2)16(3)11-12-17-9-6-7-10-17/h14-15H,4-13H2,1-3H3. The number of nitrogens with one attached hydrogen (secondary N) is 1. The van der Waals surface area contributed by atoms with Crippen LogP contribution in [0.15, 0.2) is 0 Å². The van der Waals surface area contributed by atoms with Gasteiger partial charge in [-0.3, -0.25) is 0 Å². The molecular weight excluding hydrogens is 210 g/mol. The third-order valence-corrected chi connectivity index (χ3v) is 3.87. The fourth-order valence-corrected chi connectivity index (χ4v) is 2.55. The van der Waals surface area contributed by atoms with Gasteiger partial charge >= 0.3 is 0 Å². The minimum atomic E-state index is 0.698. The summed E-state index contributed by atoms with van der Waals surface area (Å²) in [6, 6.07) is 0.698. The van der Waals surface area contributed by atoms with Gasteiger partial charge in [-0.15, -0.1) is 0 Å². The van der Waals surface area contributed by atoms with Crippen LogP contribution < -0.4 is 5.32 Å². The van der Waals surface area contributed by atoms with Gasteiger partial charge in [0.05, 0.1) is 0 Å². The Kier molecular flexibility index (Phi) is 7.82. The van der Waals surface area contributed by atoms with Crippen LogP contribution in [-0.2, 0) is 0 Å². The summed E-state index contributed by atoms with van der Waals surface area (Å²) in [5, 5.41) is 3.54. The molecular formula is C14H31N3. The first kappa shape index (κ1) is 14.9. The van der Waals surface area contributed by atoms with Crippen molar-refractivity contribution in [2.75, 3.05) is 46.3 Å². The van der Waals surface area contributed by atoms with E-state index in [2.05, 4.69) is 36.0 Å². The van der Waals surface area contributed by atoms with Crippen LogP contribution in [0.5, 0.6) is 0 Å². The van der Waals surface area contributed by atoms with E-state index >= 15 is 0 Å². The molecule has 0 aromatic carbocycles. The van der Waals surface area contributed by atoms with Crippen molar-refractivity contribution < 1.29 is 0 Å². The Bertz CT molecular complexity index is 178. The highest BCUT2D eigenvalue weighted by Crippen LogP contribution is 2.07. The molecule has 102 valence electrons. The zero-order chi connectivity index (χ0) is 12.5. The Balaban J connectivity index is 2.15. The van der Waals surface area contributed by atoms with Crippen LogP contribution in [0, 0.1) is 0 Å². The maximum atomic E-state index is 3.54. The Morgan fingerprint density at radius 3 is 2.53 bits per heavy atom. The normalized spacial score (nSPS) is 19.1. The lowest BCUT2D eigenvalue weighted by Gasteiger charge is -2.29. The first-order valence-electron chi connectivity index (χ1n) is 7.41. The third kappa shape index (κ3) is 5.84. The molecule has 3 heteroatoms. The fourth-order valence-electron chi connectivity index (χ4n) is 2.55. The molecule has 3 nitrogen and oxygen atoms in total. The summed E-state index contributed by atoms with van der Waals surface area (Å²) in [4.78, 5) is 5.13. The zero-order valence-corrected chi connectivity index (χ0v) is 12.0. The lowest BCUT2D eigenvalue weighted by Crippen LogP contribution is -2.43. The second kappa shape index (κ2) is 8.90. The fraction of sp³-hybridized carbons (Fsp3) is 1.00. The van der Waals surface area contributed by atoms with E-state index in [1.165, 1.54) is 51.9 Å². The molecule has 1 unspecified atom stereocenters. The minimum Gasteiger partial charge on any atom is -0.315 e. The first-order chi connectivity index (χ1) is 8.27. The molecule has 1 rings (SSSR count). The van der Waals surface area contributed by atoms with E-state index in [-0.39, 0.29) is 0 Å². The summed E-state index contributed by atoms with van der Waals surface area (Å²) in [5.41, 5.74) is 0. The average Bonchev–Trinajstić information content (AvgIpc) is 2.85. The van der Waals surface area contributed by atoms with Crippen LogP contribution in [0.4, 0.5) is 0 Å². The molecule has 1 N–H and O–H groups in total. The SMILES string of the molecule is CCCNCC(CC)N(C)CCN1CCCC1. The van der Waals surface area contributed by atoms with Crippen molar-refractivity contribution in [3.05, 3.63) is 0 Å². The summed E-state index contributed by atoms with van der Waals surface area (Å²) in [6.45, 7) is 11.9. The number of likely N-dealkylation sites (tertiary alicyclic amines) is 1. The summed E-state index contributed by atoms with van der Waals surface area (Å²) in [6.07, 6.45) is 5.28. The molecule has 0 amide bonds. The minimum absolute atomic E-state index is 0.698. The number of likely N-dealkylation sites (N-methyl/N-ethyl adjacent to an activating group) is 1. The predicted molar refractivity (Wildman–Crippen MR) is 75.5 cm³/mol. The smallest absolute Gasteiger partial charge is 0.0215 e. The molecule has 1 aliphatic heterocycles. The highest BCUT2D eigenvalue weighted by molar-refractivity contribution is 4.73. The highest BCUT2D eigenvalue weighted by atomic mass is 15.2. The quantitative estimate of drug-likeness (QED) is 0.621. The van der Waals surface area contributed by atoms with Crippen molar-refractivity contribution in [3.8, 4) is 0 Å². The summed E-state index contributed by atoms with van der Waals surface area (Å²) < 4.78 is 0. The Morgan fingerprint density at radius 1 is 1.24 bits per heavy atom. The van der Waals surface area contributed by atoms with Crippen molar-refractivity contribution in [2.24, 2.45) is 0 Å². The predicted octanol–water partition coefficient (Wildman–Crippen LogP) is 1.79. The number of nitrogens with zero attached hydrogens (tertiary/aromatic N) is 2. The van der Waals surface area contributed by atoms with Crippen LogP contribution in [0.2, 0.25) is 0 Å². The topological polar surface area (TPSA) is 18.5 Å². The van der Waals surface area contributed by atoms with Crippen LogP contribution in [0.25, 0.3) is 0 Å². The first-order valence-corrected chi connectivity index (χ1v) is 7.41. The van der Waals surface area contributed by atoms with Gasteiger partial charge in [0.25, 0.3) is 0 Å². The molecule has 0 aliphatic carbocycles. The molecule has 0 radical (unpaired) electrons. The molecule has 0 spiro atoms. The molecule has 1 saturated heterocycles. The average molecular weight is 241 g/mol. The molecule has 0 aromatic heterocycles. The largest absolute Gasteiger partial charge is 0.315 e. The van der Waals surface area contributed by atoms with Crippen molar-refractivity contribution in [2.45, 2.75) is 45.6 Å². The Hall–Kier alpha value is -0.120. The zero-order valence-electron chi connectivity index (χ0n) is 12.0. The van der Waals surface area contributed by atoms with Gasteiger partial charge in [0.2, 0.25) is 0 Å². The van der Waals surface area contributed by atoms with Crippen LogP contribution >= 0.6 is 0 Å². The Labute approximate surface area is 108 Å². The number of rotatable bonds is 9.